The Morgan fingerprint density at radius 1 is 1.64 bits per heavy atom. The van der Waals surface area contributed by atoms with Crippen LogP contribution in [0.5, 0.6) is 0 Å². The quantitative estimate of drug-likeness (QED) is 0.364. The van der Waals surface area contributed by atoms with E-state index in [1.807, 2.05) is 0 Å². The summed E-state index contributed by atoms with van der Waals surface area (Å²) in [6.07, 6.45) is 0. The van der Waals surface area contributed by atoms with Crippen LogP contribution in [-0.2, 0) is 9.36 Å². The summed E-state index contributed by atoms with van der Waals surface area (Å²) in [6.45, 7) is 0. The van der Waals surface area contributed by atoms with Crippen molar-refractivity contribution >= 4 is 25.3 Å². The summed E-state index contributed by atoms with van der Waals surface area (Å²) in [5, 5.41) is 8.02. The van der Waals surface area contributed by atoms with Crippen LogP contribution in [0.15, 0.2) is 0 Å². The van der Waals surface area contributed by atoms with Gasteiger partial charge in [0.2, 0.25) is 0 Å². The van der Waals surface area contributed by atoms with Crippen molar-refractivity contribution in [3.8, 4) is 0 Å². The van der Waals surface area contributed by atoms with Gasteiger partial charge in [-0.3, -0.25) is 4.79 Å². The van der Waals surface area contributed by atoms with Gasteiger partial charge in [0.15, 0.2) is 0 Å². The van der Waals surface area contributed by atoms with Gasteiger partial charge >= 0.3 is 35.5 Å². The molecule has 5 nitrogen and oxygen atoms in total. The number of thioether (sulfide) groups is 1. The van der Waals surface area contributed by atoms with E-state index in [1.54, 1.807) is 0 Å². The van der Waals surface area contributed by atoms with Gasteiger partial charge in [0.1, 0.15) is 7.60 Å². The molecule has 0 saturated carbocycles. The van der Waals surface area contributed by atoms with Gasteiger partial charge in [-0.05, 0) is 0 Å². The minimum absolute atomic E-state index is 0. The monoisotopic (exact) mass is 208 g/mol. The van der Waals surface area contributed by atoms with Gasteiger partial charge in [0, 0.05) is 0 Å². The molecule has 0 aliphatic heterocycles. The molecule has 2 N–H and O–H groups in total. The molecule has 0 heterocycles. The normalized spacial score (nSPS) is 14.7. The van der Waals surface area contributed by atoms with Crippen molar-refractivity contribution in [2.45, 2.75) is 0 Å². The Morgan fingerprint density at radius 3 is 2.36 bits per heavy atom. The van der Waals surface area contributed by atoms with Crippen LogP contribution in [0, 0.1) is 0 Å². The number of aliphatic carboxylic acids is 1. The van der Waals surface area contributed by atoms with E-state index < -0.39 is 19.1 Å². The summed E-state index contributed by atoms with van der Waals surface area (Å²) in [7, 11) is -4.27. The van der Waals surface area contributed by atoms with Crippen molar-refractivity contribution in [1.82, 2.24) is 0 Å². The summed E-state index contributed by atoms with van der Waals surface area (Å²) in [4.78, 5) is 27.9. The smallest absolute Gasteiger partial charge is 0.778 e. The molecular weight excluding hydrogens is 202 g/mol. The molecule has 0 bridgehead atoms. The molecular formula is C3H6NaO5PS. The molecule has 0 aliphatic rings. The Morgan fingerprint density at radius 2 is 2.09 bits per heavy atom. The summed E-state index contributed by atoms with van der Waals surface area (Å²) in [6, 6.07) is 0. The first kappa shape index (κ1) is 14.5. The van der Waals surface area contributed by atoms with Crippen LogP contribution in [0.2, 0.25) is 0 Å². The Kier molecular flexibility index (Phi) is 8.54. The number of hydrogen-bond acceptors (Lipinski definition) is 4. The van der Waals surface area contributed by atoms with Crippen LogP contribution >= 0.6 is 19.4 Å². The second-order valence-electron chi connectivity index (χ2n) is 1.51. The van der Waals surface area contributed by atoms with Crippen LogP contribution in [0.3, 0.4) is 0 Å². The van der Waals surface area contributed by atoms with Crippen LogP contribution in [0.1, 0.15) is 0 Å². The van der Waals surface area contributed by atoms with Gasteiger partial charge in [-0.1, -0.05) is 0 Å². The first-order valence-corrected chi connectivity index (χ1v) is 5.16. The first-order valence-electron chi connectivity index (χ1n) is 2.24. The van der Waals surface area contributed by atoms with E-state index in [4.69, 9.17) is 10.00 Å². The Bertz CT molecular complexity index is 167. The van der Waals surface area contributed by atoms with E-state index in [2.05, 4.69) is 0 Å². The van der Waals surface area contributed by atoms with Crippen molar-refractivity contribution in [3.05, 3.63) is 0 Å². The summed E-state index contributed by atoms with van der Waals surface area (Å²) in [5.41, 5.74) is -0.542. The molecule has 11 heavy (non-hydrogen) atoms. The van der Waals surface area contributed by atoms with Gasteiger partial charge in [0.05, 0.1) is 11.2 Å². The van der Waals surface area contributed by atoms with Gasteiger partial charge in [-0.2, -0.15) is 0 Å². The zero-order chi connectivity index (χ0) is 8.20. The molecule has 0 amide bonds. The summed E-state index contributed by atoms with van der Waals surface area (Å²) in [5.74, 6) is -1.41. The molecule has 0 rings (SSSR count). The van der Waals surface area contributed by atoms with E-state index >= 15 is 0 Å². The Balaban J connectivity index is 0. The first-order chi connectivity index (χ1) is 4.42. The van der Waals surface area contributed by atoms with Crippen molar-refractivity contribution < 1.29 is 53.8 Å². The van der Waals surface area contributed by atoms with Gasteiger partial charge in [0.25, 0.3) is 0 Å². The molecule has 0 radical (unpaired) electrons. The second-order valence-corrected chi connectivity index (χ2v) is 4.51. The molecule has 0 aromatic rings. The minimum atomic E-state index is -4.27. The second kappa shape index (κ2) is 6.48. The van der Waals surface area contributed by atoms with E-state index in [9.17, 15) is 14.3 Å². The predicted molar refractivity (Wildman–Crippen MR) is 34.8 cm³/mol. The molecule has 0 aliphatic carbocycles. The molecule has 60 valence electrons. The minimum Gasteiger partial charge on any atom is -0.778 e. The summed E-state index contributed by atoms with van der Waals surface area (Å²) >= 11 is 0.643. The number of hydrogen-bond donors (Lipinski definition) is 2. The standard InChI is InChI=1S/C3H7O5PS.Na/c4-3(5)1-10-2-9(6,7)8;/h1-2H2,(H,4,5)(H2,6,7,8);/q;+1/p-1. The third kappa shape index (κ3) is 13.9. The molecule has 0 aromatic heterocycles. The Hall–Kier alpha value is 0.970. The zero-order valence-corrected chi connectivity index (χ0v) is 9.60. The number of carboxylic acid groups (broad SMARTS) is 1. The van der Waals surface area contributed by atoms with Crippen LogP contribution in [0.4, 0.5) is 0 Å². The van der Waals surface area contributed by atoms with Crippen molar-refractivity contribution in [1.29, 1.82) is 0 Å². The maximum absolute atomic E-state index is 9.98. The van der Waals surface area contributed by atoms with E-state index in [0.717, 1.165) is 0 Å². The maximum atomic E-state index is 9.98. The van der Waals surface area contributed by atoms with Gasteiger partial charge in [-0.25, -0.2) is 0 Å². The van der Waals surface area contributed by atoms with Gasteiger partial charge < -0.3 is 19.5 Å². The van der Waals surface area contributed by atoms with Crippen LogP contribution in [0.25, 0.3) is 0 Å². The average Bonchev–Trinajstić information content (AvgIpc) is 1.59. The molecule has 0 spiro atoms. The van der Waals surface area contributed by atoms with Crippen LogP contribution in [-0.4, -0.2) is 27.2 Å². The zero-order valence-electron chi connectivity index (χ0n) is 5.89. The number of rotatable bonds is 4. The number of carboxylic acids is 1. The number of carbonyl (C=O) groups is 1. The third-order valence-corrected chi connectivity index (χ3v) is 2.97. The largest absolute Gasteiger partial charge is 1.00 e. The van der Waals surface area contributed by atoms with Gasteiger partial charge in [-0.15, -0.1) is 11.8 Å². The van der Waals surface area contributed by atoms with Crippen molar-refractivity contribution in [2.75, 3.05) is 11.2 Å². The van der Waals surface area contributed by atoms with E-state index in [1.165, 1.54) is 0 Å². The summed E-state index contributed by atoms with van der Waals surface area (Å²) < 4.78 is 9.98. The SMILES string of the molecule is O=C(O)CSCP(=O)([O-])O.[Na+]. The maximum Gasteiger partial charge on any atom is 1.00 e. The molecule has 0 fully saturated rings. The molecule has 0 saturated heterocycles. The molecule has 8 heteroatoms. The fourth-order valence-corrected chi connectivity index (χ4v) is 1.71. The van der Waals surface area contributed by atoms with E-state index in [-0.39, 0.29) is 35.3 Å². The van der Waals surface area contributed by atoms with Crippen molar-refractivity contribution in [3.63, 3.8) is 0 Å². The average molecular weight is 208 g/mol. The van der Waals surface area contributed by atoms with E-state index in [0.29, 0.717) is 11.8 Å². The topological polar surface area (TPSA) is 97.7 Å². The Labute approximate surface area is 90.0 Å². The van der Waals surface area contributed by atoms with Crippen molar-refractivity contribution in [2.24, 2.45) is 0 Å². The molecule has 1 atom stereocenters. The fourth-order valence-electron chi connectivity index (χ4n) is 0.248. The molecule has 1 unspecified atom stereocenters. The fraction of sp³-hybridized carbons (Fsp3) is 0.667. The predicted octanol–water partition coefficient (Wildman–Crippen LogP) is -3.69. The molecule has 0 aromatic carbocycles. The third-order valence-electron chi connectivity index (χ3n) is 0.480. The van der Waals surface area contributed by atoms with Crippen LogP contribution < -0.4 is 34.5 Å².